The highest BCUT2D eigenvalue weighted by atomic mass is 32.1. The molecule has 112 valence electrons. The molecule has 2 heterocycles. The van der Waals surface area contributed by atoms with Crippen LogP contribution in [0.25, 0.3) is 17.0 Å². The normalized spacial score (nSPS) is 11.3. The molecule has 0 saturated heterocycles. The van der Waals surface area contributed by atoms with Gasteiger partial charge in [-0.3, -0.25) is 4.79 Å². The average molecular weight is 311 g/mol. The van der Waals surface area contributed by atoms with E-state index in [0.29, 0.717) is 6.54 Å². The number of furan rings is 1. The van der Waals surface area contributed by atoms with Gasteiger partial charge in [0.2, 0.25) is 5.91 Å². The molecule has 0 aliphatic rings. The Morgan fingerprint density at radius 2 is 2.18 bits per heavy atom. The number of rotatable bonds is 6. The van der Waals surface area contributed by atoms with Crippen LogP contribution in [0, 0.1) is 0 Å². The maximum absolute atomic E-state index is 11.7. The first-order valence-electron chi connectivity index (χ1n) is 7.27. The molecule has 2 aromatic heterocycles. The SMILES string of the molecule is O=C(C=Cc1ccsc1)NCCCc1cc2ccccc2o1. The zero-order chi connectivity index (χ0) is 15.2. The Balaban J connectivity index is 1.42. The number of hydrogen-bond acceptors (Lipinski definition) is 3. The summed E-state index contributed by atoms with van der Waals surface area (Å²) in [5.41, 5.74) is 1.97. The number of carbonyl (C=O) groups is 1. The van der Waals surface area contributed by atoms with Crippen molar-refractivity contribution in [2.24, 2.45) is 0 Å². The smallest absolute Gasteiger partial charge is 0.243 e. The first-order valence-corrected chi connectivity index (χ1v) is 8.21. The molecular formula is C18H17NO2S. The van der Waals surface area contributed by atoms with Crippen LogP contribution in [0.15, 0.2) is 57.7 Å². The van der Waals surface area contributed by atoms with Crippen LogP contribution in [0.3, 0.4) is 0 Å². The van der Waals surface area contributed by atoms with Crippen molar-refractivity contribution in [1.29, 1.82) is 0 Å². The van der Waals surface area contributed by atoms with Crippen molar-refractivity contribution in [2.45, 2.75) is 12.8 Å². The second kappa shape index (κ2) is 7.09. The molecule has 3 nitrogen and oxygen atoms in total. The minimum absolute atomic E-state index is 0.0594. The second-order valence-electron chi connectivity index (χ2n) is 5.04. The maximum atomic E-state index is 11.7. The Morgan fingerprint density at radius 3 is 3.00 bits per heavy atom. The minimum Gasteiger partial charge on any atom is -0.461 e. The topological polar surface area (TPSA) is 42.2 Å². The van der Waals surface area contributed by atoms with Crippen molar-refractivity contribution in [3.63, 3.8) is 0 Å². The number of para-hydroxylation sites is 1. The van der Waals surface area contributed by atoms with Gasteiger partial charge in [-0.05, 0) is 47.0 Å². The minimum atomic E-state index is -0.0594. The van der Waals surface area contributed by atoms with Crippen molar-refractivity contribution in [3.05, 3.63) is 64.6 Å². The monoisotopic (exact) mass is 311 g/mol. The summed E-state index contributed by atoms with van der Waals surface area (Å²) in [6, 6.07) is 12.0. The van der Waals surface area contributed by atoms with Gasteiger partial charge in [-0.1, -0.05) is 18.2 Å². The van der Waals surface area contributed by atoms with E-state index in [0.717, 1.165) is 35.1 Å². The van der Waals surface area contributed by atoms with Gasteiger partial charge in [-0.25, -0.2) is 0 Å². The van der Waals surface area contributed by atoms with E-state index in [4.69, 9.17) is 4.42 Å². The summed E-state index contributed by atoms with van der Waals surface area (Å²) in [5, 5.41) is 8.01. The van der Waals surface area contributed by atoms with Crippen molar-refractivity contribution in [2.75, 3.05) is 6.54 Å². The van der Waals surface area contributed by atoms with Gasteiger partial charge in [-0.15, -0.1) is 0 Å². The van der Waals surface area contributed by atoms with E-state index in [-0.39, 0.29) is 5.91 Å². The van der Waals surface area contributed by atoms with E-state index >= 15 is 0 Å². The summed E-state index contributed by atoms with van der Waals surface area (Å²) < 4.78 is 5.75. The Kier molecular flexibility index (Phi) is 4.71. The lowest BCUT2D eigenvalue weighted by atomic mass is 10.2. The third kappa shape index (κ3) is 3.86. The fraction of sp³-hybridized carbons (Fsp3) is 0.167. The van der Waals surface area contributed by atoms with Crippen molar-refractivity contribution in [1.82, 2.24) is 5.32 Å². The first kappa shape index (κ1) is 14.6. The molecular weight excluding hydrogens is 294 g/mol. The maximum Gasteiger partial charge on any atom is 0.243 e. The van der Waals surface area contributed by atoms with E-state index < -0.39 is 0 Å². The lowest BCUT2D eigenvalue weighted by Crippen LogP contribution is -2.22. The van der Waals surface area contributed by atoms with Crippen LogP contribution < -0.4 is 5.32 Å². The molecule has 3 rings (SSSR count). The van der Waals surface area contributed by atoms with E-state index in [1.807, 2.05) is 47.2 Å². The van der Waals surface area contributed by atoms with Gasteiger partial charge in [-0.2, -0.15) is 11.3 Å². The van der Waals surface area contributed by atoms with Crippen molar-refractivity contribution < 1.29 is 9.21 Å². The number of nitrogens with one attached hydrogen (secondary N) is 1. The summed E-state index contributed by atoms with van der Waals surface area (Å²) in [6.45, 7) is 0.643. The zero-order valence-corrected chi connectivity index (χ0v) is 12.9. The van der Waals surface area contributed by atoms with Gasteiger partial charge in [0.1, 0.15) is 11.3 Å². The Bertz CT molecular complexity index is 738. The van der Waals surface area contributed by atoms with Crippen LogP contribution in [0.1, 0.15) is 17.7 Å². The summed E-state index contributed by atoms with van der Waals surface area (Å²) in [4.78, 5) is 11.7. The number of thiophene rings is 1. The van der Waals surface area contributed by atoms with E-state index in [2.05, 4.69) is 11.4 Å². The summed E-state index contributed by atoms with van der Waals surface area (Å²) >= 11 is 1.62. The fourth-order valence-corrected chi connectivity index (χ4v) is 2.86. The van der Waals surface area contributed by atoms with E-state index in [1.54, 1.807) is 17.4 Å². The van der Waals surface area contributed by atoms with Gasteiger partial charge in [0.15, 0.2) is 0 Å². The highest BCUT2D eigenvalue weighted by molar-refractivity contribution is 7.08. The molecule has 0 aliphatic carbocycles. The number of benzene rings is 1. The number of aryl methyl sites for hydroxylation is 1. The van der Waals surface area contributed by atoms with Gasteiger partial charge in [0, 0.05) is 24.4 Å². The molecule has 4 heteroatoms. The van der Waals surface area contributed by atoms with Crippen LogP contribution in [-0.2, 0) is 11.2 Å². The molecule has 0 spiro atoms. The van der Waals surface area contributed by atoms with Crippen LogP contribution in [0.4, 0.5) is 0 Å². The number of fused-ring (bicyclic) bond motifs is 1. The fourth-order valence-electron chi connectivity index (χ4n) is 2.23. The quantitative estimate of drug-likeness (QED) is 0.546. The number of hydrogen-bond donors (Lipinski definition) is 1. The molecule has 0 radical (unpaired) electrons. The van der Waals surface area contributed by atoms with E-state index in [9.17, 15) is 4.79 Å². The molecule has 0 unspecified atom stereocenters. The molecule has 0 saturated carbocycles. The Morgan fingerprint density at radius 1 is 1.27 bits per heavy atom. The Hall–Kier alpha value is -2.33. The largest absolute Gasteiger partial charge is 0.461 e. The third-order valence-corrected chi connectivity index (χ3v) is 4.05. The zero-order valence-electron chi connectivity index (χ0n) is 12.1. The molecule has 0 atom stereocenters. The molecule has 22 heavy (non-hydrogen) atoms. The predicted molar refractivity (Wildman–Crippen MR) is 90.9 cm³/mol. The number of amides is 1. The van der Waals surface area contributed by atoms with Crippen LogP contribution in [-0.4, -0.2) is 12.5 Å². The van der Waals surface area contributed by atoms with E-state index in [1.165, 1.54) is 0 Å². The predicted octanol–water partition coefficient (Wildman–Crippen LogP) is 4.26. The van der Waals surface area contributed by atoms with Gasteiger partial charge in [0.05, 0.1) is 0 Å². The number of carbonyl (C=O) groups excluding carboxylic acids is 1. The summed E-state index contributed by atoms with van der Waals surface area (Å²) in [5.74, 6) is 0.903. The van der Waals surface area contributed by atoms with Gasteiger partial charge < -0.3 is 9.73 Å². The highest BCUT2D eigenvalue weighted by Gasteiger charge is 2.03. The van der Waals surface area contributed by atoms with Crippen LogP contribution in [0.5, 0.6) is 0 Å². The molecule has 1 N–H and O–H groups in total. The lowest BCUT2D eigenvalue weighted by molar-refractivity contribution is -0.116. The van der Waals surface area contributed by atoms with Gasteiger partial charge in [0.25, 0.3) is 0 Å². The molecule has 0 aliphatic heterocycles. The molecule has 1 amide bonds. The molecule has 0 fully saturated rings. The molecule has 1 aromatic carbocycles. The van der Waals surface area contributed by atoms with Crippen LogP contribution >= 0.6 is 11.3 Å². The average Bonchev–Trinajstić information content (AvgIpc) is 3.18. The first-order chi connectivity index (χ1) is 10.8. The molecule has 0 bridgehead atoms. The summed E-state index contributed by atoms with van der Waals surface area (Å²) in [7, 11) is 0. The third-order valence-electron chi connectivity index (χ3n) is 3.35. The van der Waals surface area contributed by atoms with Crippen molar-refractivity contribution >= 4 is 34.3 Å². The van der Waals surface area contributed by atoms with Crippen LogP contribution in [0.2, 0.25) is 0 Å². The summed E-state index contributed by atoms with van der Waals surface area (Å²) in [6.07, 6.45) is 5.08. The lowest BCUT2D eigenvalue weighted by Gasteiger charge is -2.00. The Labute approximate surface area is 133 Å². The van der Waals surface area contributed by atoms with Gasteiger partial charge >= 0.3 is 0 Å². The molecule has 3 aromatic rings. The van der Waals surface area contributed by atoms with Crippen molar-refractivity contribution in [3.8, 4) is 0 Å². The standard InChI is InChI=1S/C18H17NO2S/c20-18(8-7-14-9-11-22-13-14)19-10-3-5-16-12-15-4-1-2-6-17(15)21-16/h1-2,4,6-9,11-13H,3,5,10H2,(H,19,20). The second-order valence-corrected chi connectivity index (χ2v) is 5.82. The highest BCUT2D eigenvalue weighted by Crippen LogP contribution is 2.19.